The van der Waals surface area contributed by atoms with Crippen molar-refractivity contribution in [2.75, 3.05) is 11.5 Å². The maximum Gasteiger partial charge on any atom is 0.490 e. The van der Waals surface area contributed by atoms with Crippen molar-refractivity contribution in [3.05, 3.63) is 45.0 Å². The number of fused-ring (bicyclic) bond motifs is 2. The third-order valence-corrected chi connectivity index (χ3v) is 17.3. The minimum absolute atomic E-state index is 0.0152. The molecule has 394 valence electrons. The van der Waals surface area contributed by atoms with Gasteiger partial charge in [-0.25, -0.2) is 31.8 Å². The first-order valence-electron chi connectivity index (χ1n) is 18.3. The summed E-state index contributed by atoms with van der Waals surface area (Å²) in [5, 5.41) is 42.5. The van der Waals surface area contributed by atoms with Crippen molar-refractivity contribution in [1.29, 1.82) is 0 Å². The third kappa shape index (κ3) is 12.9. The number of hydrogen-bond donors (Lipinski definition) is 16. The number of anilines is 2. The summed E-state index contributed by atoms with van der Waals surface area (Å²) in [5.74, 6) is 1.90. The van der Waals surface area contributed by atoms with E-state index in [0.717, 1.165) is 23.0 Å². The van der Waals surface area contributed by atoms with Crippen molar-refractivity contribution >= 4 is 80.9 Å². The minimum Gasteiger partial charge on any atom is -0.386 e. The van der Waals surface area contributed by atoms with Gasteiger partial charge in [-0.2, -0.15) is 27.2 Å². The zero-order valence-corrected chi connectivity index (χ0v) is 40.3. The van der Waals surface area contributed by atoms with Crippen LogP contribution >= 0.6 is 46.9 Å². The number of aliphatic hydroxyl groups is 4. The van der Waals surface area contributed by atoms with Gasteiger partial charge in [0.15, 0.2) is 40.8 Å². The number of halogens is 1. The summed E-state index contributed by atoms with van der Waals surface area (Å²) < 4.78 is 120. The van der Waals surface area contributed by atoms with Crippen LogP contribution in [0.3, 0.4) is 0 Å². The Bertz CT molecular complexity index is 3230. The lowest BCUT2D eigenvalue weighted by molar-refractivity contribution is -0.0831. The van der Waals surface area contributed by atoms with Crippen molar-refractivity contribution < 1.29 is 127 Å². The molecule has 18 N–H and O–H groups in total. The van der Waals surface area contributed by atoms with Crippen LogP contribution in [0.15, 0.2) is 28.0 Å². The number of nitrogens with one attached hydrogen (secondary N) is 2. The van der Waals surface area contributed by atoms with Gasteiger partial charge in [-0.1, -0.05) is 11.8 Å². The summed E-state index contributed by atoms with van der Waals surface area (Å²) in [6, 6.07) is 1.29. The van der Waals surface area contributed by atoms with Crippen LogP contribution in [0.25, 0.3) is 22.1 Å². The molecule has 2 saturated heterocycles. The minimum atomic E-state index is -5.85. The number of ether oxygens (including phenoxy) is 2. The van der Waals surface area contributed by atoms with E-state index in [9.17, 15) is 81.4 Å². The van der Waals surface area contributed by atoms with Crippen LogP contribution < -0.4 is 22.6 Å². The molecule has 2 fully saturated rings. The average Bonchev–Trinajstić information content (AvgIpc) is 3.88. The standard InChI is InChI=1S/C14H18FN4O14P3.C14H19N4O14P3/c1-3-14(22)9(20)8(5(2)31-35(26,27)33-36(28,29)32-34(23,24)25)30-12(14)19-4-6(15)7-10(19)17-13(16)18-11(7)21;1-3-14(21)9(19)8(6(2)30-34(25,26)32-35(27,28)31-33(22,23)24)29-12(14)18-5-4-7-10(18)16-13(15)17-11(7)20/h1,4-5,8-9,12,20,22H,2H3,(H,26,27)(H,28,29)(H2,23,24,25)(H3,16,17,18,21);1,4-6,8-9,12,19,21H,2H3,(H,25,26)(H,27,28)(H2,22,23,24)(H3,15,16,17,20)/t5-,8-,9+,12-,14?;6-,8-,9+,12-,14?/m11/s1. The Morgan fingerprint density at radius 3 is 1.51 bits per heavy atom. The first kappa shape index (κ1) is 58.0. The molecule has 4 aromatic heterocycles. The normalized spacial score (nSPS) is 29.1. The number of aromatic nitrogens is 6. The Balaban J connectivity index is 0.000000264. The molecule has 6 rings (SSSR count). The summed E-state index contributed by atoms with van der Waals surface area (Å²) in [6.07, 6.45) is -2.15. The Hall–Kier alpha value is -3.93. The number of nitrogen functional groups attached to an aromatic ring is 2. The van der Waals surface area contributed by atoms with Crippen LogP contribution in [-0.2, 0) is 63.2 Å². The van der Waals surface area contributed by atoms with E-state index in [0.29, 0.717) is 6.20 Å². The zero-order valence-electron chi connectivity index (χ0n) is 34.9. The Labute approximate surface area is 391 Å². The Morgan fingerprint density at radius 1 is 0.704 bits per heavy atom. The van der Waals surface area contributed by atoms with E-state index in [4.69, 9.17) is 53.4 Å². The molecule has 4 aromatic rings. The molecule has 71 heavy (non-hydrogen) atoms. The fourth-order valence-corrected chi connectivity index (χ4v) is 13.1. The molecule has 0 amide bonds. The molecule has 14 atom stereocenters. The Morgan fingerprint density at radius 2 is 1.10 bits per heavy atom. The number of nitrogens with zero attached hydrogens (tertiary/aromatic N) is 4. The highest BCUT2D eigenvalue weighted by molar-refractivity contribution is 7.67. The highest BCUT2D eigenvalue weighted by atomic mass is 31.3. The van der Waals surface area contributed by atoms with Crippen LogP contribution in [0.5, 0.6) is 0 Å². The largest absolute Gasteiger partial charge is 0.490 e. The lowest BCUT2D eigenvalue weighted by Gasteiger charge is -2.27. The molecule has 36 nitrogen and oxygen atoms in total. The predicted molar refractivity (Wildman–Crippen MR) is 226 cm³/mol. The maximum atomic E-state index is 14.5. The van der Waals surface area contributed by atoms with E-state index in [1.54, 1.807) is 0 Å². The average molecular weight is 1140 g/mol. The summed E-state index contributed by atoms with van der Waals surface area (Å²) in [6.45, 7) is 1.96. The van der Waals surface area contributed by atoms with Gasteiger partial charge in [0, 0.05) is 12.4 Å². The molecule has 2 aliphatic rings. The number of aromatic amines is 2. The van der Waals surface area contributed by atoms with Gasteiger partial charge in [-0.15, -0.1) is 12.8 Å². The van der Waals surface area contributed by atoms with Crippen molar-refractivity contribution in [3.63, 3.8) is 0 Å². The van der Waals surface area contributed by atoms with Crippen LogP contribution in [0.2, 0.25) is 0 Å². The van der Waals surface area contributed by atoms with Crippen LogP contribution in [-0.4, -0.2) is 136 Å². The van der Waals surface area contributed by atoms with Gasteiger partial charge in [-0.3, -0.25) is 33.2 Å². The van der Waals surface area contributed by atoms with Crippen LogP contribution in [0, 0.1) is 30.5 Å². The molecule has 0 aromatic carbocycles. The summed E-state index contributed by atoms with van der Waals surface area (Å²) >= 11 is 0. The van der Waals surface area contributed by atoms with Crippen LogP contribution in [0.4, 0.5) is 16.3 Å². The molecular weight excluding hydrogens is 1100 g/mol. The number of hydrogen-bond acceptors (Lipinski definition) is 24. The third-order valence-electron chi connectivity index (χ3n) is 9.43. The molecule has 2 aliphatic heterocycles. The number of phosphoric ester groups is 2. The predicted octanol–water partition coefficient (Wildman–Crippen LogP) is -2.54. The number of nitrogens with two attached hydrogens (primary N) is 2. The van der Waals surface area contributed by atoms with Crippen LogP contribution in [0.1, 0.15) is 26.3 Å². The first-order chi connectivity index (χ1) is 32.2. The van der Waals surface area contributed by atoms with E-state index in [2.05, 4.69) is 46.2 Å². The molecule has 0 spiro atoms. The van der Waals surface area contributed by atoms with E-state index in [1.165, 1.54) is 12.3 Å². The lowest BCUT2D eigenvalue weighted by Crippen LogP contribution is -2.47. The second-order valence-electron chi connectivity index (χ2n) is 14.5. The van der Waals surface area contributed by atoms with Gasteiger partial charge in [0.25, 0.3) is 11.1 Å². The van der Waals surface area contributed by atoms with Gasteiger partial charge >= 0.3 is 46.9 Å². The second kappa shape index (κ2) is 20.1. The van der Waals surface area contributed by atoms with E-state index >= 15 is 0 Å². The topological polar surface area (TPSA) is 572 Å². The number of terminal acetylenes is 2. The fraction of sp³-hybridized carbons (Fsp3) is 0.429. The van der Waals surface area contributed by atoms with Crippen molar-refractivity contribution in [3.8, 4) is 24.7 Å². The first-order valence-corrected chi connectivity index (χ1v) is 27.4. The van der Waals surface area contributed by atoms with Gasteiger partial charge in [-0.05, 0) is 19.9 Å². The number of rotatable bonds is 16. The number of phosphoric acid groups is 6. The summed E-state index contributed by atoms with van der Waals surface area (Å²) in [4.78, 5) is 108. The molecule has 0 radical (unpaired) electrons. The second-order valence-corrected chi connectivity index (χ2v) is 23.2. The maximum absolute atomic E-state index is 14.5. The molecule has 0 saturated carbocycles. The summed E-state index contributed by atoms with van der Waals surface area (Å²) in [7, 11) is -34.2. The quantitative estimate of drug-likeness (QED) is 0.0406. The van der Waals surface area contributed by atoms with E-state index in [1.807, 2.05) is 11.8 Å². The van der Waals surface area contributed by atoms with Crippen molar-refractivity contribution in [2.45, 2.75) is 74.1 Å². The molecule has 6 unspecified atom stereocenters. The Kier molecular flexibility index (Phi) is 16.4. The number of H-pyrrole nitrogens is 2. The monoisotopic (exact) mass is 1140 g/mol. The van der Waals surface area contributed by atoms with E-state index < -0.39 is 141 Å². The molecular formula is C28H37FN8O28P6. The highest BCUT2D eigenvalue weighted by Crippen LogP contribution is 2.68. The molecule has 0 bridgehead atoms. The number of aliphatic hydroxyl groups excluding tert-OH is 2. The van der Waals surface area contributed by atoms with E-state index in [-0.39, 0.29) is 17.0 Å². The summed E-state index contributed by atoms with van der Waals surface area (Å²) in [5.41, 5.74) is 3.61. The molecule has 0 aliphatic carbocycles. The van der Waals surface area contributed by atoms with Gasteiger partial charge < -0.3 is 85.1 Å². The van der Waals surface area contributed by atoms with Gasteiger partial charge in [0.05, 0.1) is 17.6 Å². The molecule has 6 heterocycles. The van der Waals surface area contributed by atoms with Crippen molar-refractivity contribution in [1.82, 2.24) is 29.1 Å². The fourth-order valence-electron chi connectivity index (χ4n) is 6.74. The van der Waals surface area contributed by atoms with Gasteiger partial charge in [0.1, 0.15) is 29.8 Å². The highest BCUT2D eigenvalue weighted by Gasteiger charge is 2.60. The molecule has 43 heteroatoms. The van der Waals surface area contributed by atoms with Gasteiger partial charge in [0.2, 0.25) is 11.9 Å². The SMILES string of the molecule is C#CC1(O)[C@@H](O)[C@@H]([C@@H](C)OP(=O)(O)OP(=O)(O)OP(=O)(O)O)O[C@H]1n1cc(F)c2c(=O)[nH]c(N)nc21.C#CC1(O)[C@@H](O)[C@@H]([C@@H](C)OP(=O)(O)OP(=O)(O)OP(=O)(O)O)O[C@H]1n1ccc2c(=O)[nH]c(N)nc21. The zero-order chi connectivity index (χ0) is 54.0. The lowest BCUT2D eigenvalue weighted by atomic mass is 9.93. The van der Waals surface area contributed by atoms with Crippen molar-refractivity contribution in [2.24, 2.45) is 0 Å². The smallest absolute Gasteiger partial charge is 0.386 e.